The van der Waals surface area contributed by atoms with Gasteiger partial charge in [0, 0.05) is 4.91 Å². The van der Waals surface area contributed by atoms with Crippen LogP contribution in [0.5, 0.6) is 0 Å². The van der Waals surface area contributed by atoms with Crippen LogP contribution in [0.3, 0.4) is 0 Å². The first-order chi connectivity index (χ1) is 3.81. The third-order valence-electron chi connectivity index (χ3n) is 0.699. The normalized spacial score (nSPS) is 6.88. The van der Waals surface area contributed by atoms with E-state index < -0.39 is 0 Å². The minimum atomic E-state index is 1.17. The molecule has 44 valence electrons. The molecule has 0 N–H and O–H groups in total. The molecule has 0 saturated heterocycles. The summed E-state index contributed by atoms with van der Waals surface area (Å²) in [5.41, 5.74) is 5.82. The van der Waals surface area contributed by atoms with Crippen LogP contribution in [0.15, 0.2) is 22.4 Å². The third-order valence-corrected chi connectivity index (χ3v) is 1.41. The van der Waals surface area contributed by atoms with E-state index in [2.05, 4.69) is 11.5 Å². The van der Waals surface area contributed by atoms with Gasteiger partial charge >= 0.3 is 0 Å². The van der Waals surface area contributed by atoms with Crippen molar-refractivity contribution < 1.29 is 0 Å². The molecule has 0 unspecified atom stereocenters. The van der Waals surface area contributed by atoms with Gasteiger partial charge in [-0.25, -0.2) is 0 Å². The summed E-state index contributed by atoms with van der Waals surface area (Å²) in [5.74, 6) is 0. The number of allylic oxidation sites excluding steroid dienone is 2. The highest BCUT2D eigenvalue weighted by Crippen LogP contribution is 2.05. The summed E-state index contributed by atoms with van der Waals surface area (Å²) in [5, 5.41) is 0. The van der Waals surface area contributed by atoms with Crippen molar-refractivity contribution in [2.24, 2.45) is 0 Å². The van der Waals surface area contributed by atoms with E-state index in [0.717, 1.165) is 0 Å². The van der Waals surface area contributed by atoms with Gasteiger partial charge in [-0.05, 0) is 26.2 Å². The summed E-state index contributed by atoms with van der Waals surface area (Å²) in [4.78, 5) is 1.17. The molecule has 0 rings (SSSR count). The zero-order chi connectivity index (χ0) is 6.41. The second-order valence-corrected chi connectivity index (χ2v) is 2.34. The molecular weight excluding hydrogens is 116 g/mol. The van der Waals surface area contributed by atoms with E-state index in [0.29, 0.717) is 0 Å². The Balaban J connectivity index is 4.14. The van der Waals surface area contributed by atoms with E-state index in [4.69, 9.17) is 0 Å². The van der Waals surface area contributed by atoms with Gasteiger partial charge in [0.25, 0.3) is 0 Å². The van der Waals surface area contributed by atoms with Gasteiger partial charge in [-0.2, -0.15) is 0 Å². The molecule has 0 aliphatic rings. The number of hydrogen-bond acceptors (Lipinski definition) is 1. The monoisotopic (exact) mass is 126 g/mol. The van der Waals surface area contributed by atoms with Crippen molar-refractivity contribution in [3.05, 3.63) is 22.4 Å². The van der Waals surface area contributed by atoms with Crippen LogP contribution < -0.4 is 0 Å². The number of hydrogen-bond donors (Lipinski definition) is 0. The number of thioether (sulfide) groups is 1. The van der Waals surface area contributed by atoms with Gasteiger partial charge in [-0.1, -0.05) is 11.5 Å². The van der Waals surface area contributed by atoms with Crippen molar-refractivity contribution in [1.29, 1.82) is 0 Å². The molecule has 0 bridgehead atoms. The molecular formula is C7H10S. The summed E-state index contributed by atoms with van der Waals surface area (Å²) in [6.07, 6.45) is 3.87. The fraction of sp³-hybridized carbons (Fsp3) is 0.429. The Morgan fingerprint density at radius 1 is 1.62 bits per heavy atom. The highest BCUT2D eigenvalue weighted by atomic mass is 32.2. The molecule has 8 heavy (non-hydrogen) atoms. The van der Waals surface area contributed by atoms with Crippen molar-refractivity contribution in [2.75, 3.05) is 6.26 Å². The molecule has 0 spiro atoms. The first kappa shape index (κ1) is 7.65. The smallest absolute Gasteiger partial charge is 0.0316 e. The van der Waals surface area contributed by atoms with E-state index in [1.165, 1.54) is 4.91 Å². The topological polar surface area (TPSA) is 0 Å². The van der Waals surface area contributed by atoms with Crippen LogP contribution in [0.1, 0.15) is 13.8 Å². The zero-order valence-electron chi connectivity index (χ0n) is 5.49. The maximum atomic E-state index is 2.96. The molecule has 0 aromatic rings. The molecule has 0 amide bonds. The van der Waals surface area contributed by atoms with Gasteiger partial charge in [-0.15, -0.1) is 11.8 Å². The van der Waals surface area contributed by atoms with Crippen LogP contribution in [0.4, 0.5) is 0 Å². The lowest BCUT2D eigenvalue weighted by Gasteiger charge is -1.80. The van der Waals surface area contributed by atoms with Crippen LogP contribution in [-0.2, 0) is 0 Å². The lowest BCUT2D eigenvalue weighted by Crippen LogP contribution is -1.53. The first-order valence-electron chi connectivity index (χ1n) is 2.48. The summed E-state index contributed by atoms with van der Waals surface area (Å²) < 4.78 is 0. The molecule has 0 aliphatic carbocycles. The van der Waals surface area contributed by atoms with Crippen LogP contribution in [0.2, 0.25) is 0 Å². The molecule has 1 heteroatoms. The van der Waals surface area contributed by atoms with Crippen LogP contribution in [0.25, 0.3) is 0 Å². The average Bonchev–Trinajstić information content (AvgIpc) is 1.83. The Morgan fingerprint density at radius 3 is 2.62 bits per heavy atom. The summed E-state index contributed by atoms with van der Waals surface area (Å²) >= 11 is 1.69. The lowest BCUT2D eigenvalue weighted by molar-refractivity contribution is 1.69. The van der Waals surface area contributed by atoms with E-state index in [9.17, 15) is 0 Å². The van der Waals surface area contributed by atoms with Crippen molar-refractivity contribution in [3.63, 3.8) is 0 Å². The zero-order valence-corrected chi connectivity index (χ0v) is 6.30. The predicted molar refractivity (Wildman–Crippen MR) is 40.0 cm³/mol. The standard InChI is InChI=1S/C7H10S/c1-4-5-6-7(2)8-3/h4H,1-3H3. The molecule has 0 radical (unpaired) electrons. The van der Waals surface area contributed by atoms with Gasteiger partial charge in [0.05, 0.1) is 0 Å². The molecule has 0 saturated carbocycles. The molecule has 0 heterocycles. The third kappa shape index (κ3) is 3.83. The minimum absolute atomic E-state index is 1.17. The van der Waals surface area contributed by atoms with E-state index in [1.54, 1.807) is 11.8 Å². The summed E-state index contributed by atoms with van der Waals surface area (Å²) in [6, 6.07) is 0. The highest BCUT2D eigenvalue weighted by molar-refractivity contribution is 8.02. The lowest BCUT2D eigenvalue weighted by atomic mass is 10.6. The van der Waals surface area contributed by atoms with Crippen molar-refractivity contribution in [3.8, 4) is 0 Å². The quantitative estimate of drug-likeness (QED) is 0.487. The highest BCUT2D eigenvalue weighted by Gasteiger charge is 1.73. The fourth-order valence-corrected chi connectivity index (χ4v) is 0.386. The Bertz CT molecular complexity index is 144. The van der Waals surface area contributed by atoms with Gasteiger partial charge in [0.15, 0.2) is 0 Å². The van der Waals surface area contributed by atoms with Crippen molar-refractivity contribution in [1.82, 2.24) is 0 Å². The maximum Gasteiger partial charge on any atom is 0.0316 e. The summed E-state index contributed by atoms with van der Waals surface area (Å²) in [7, 11) is 0. The van der Waals surface area contributed by atoms with Gasteiger partial charge < -0.3 is 0 Å². The molecule has 0 atom stereocenters. The first-order valence-corrected chi connectivity index (χ1v) is 3.70. The van der Waals surface area contributed by atoms with Crippen LogP contribution in [-0.4, -0.2) is 6.26 Å². The largest absolute Gasteiger partial charge is 0.125 e. The maximum absolute atomic E-state index is 2.96. The molecule has 0 aliphatic heterocycles. The van der Waals surface area contributed by atoms with E-state index in [1.807, 2.05) is 26.2 Å². The Labute approximate surface area is 55.0 Å². The molecule has 0 fully saturated rings. The molecule has 0 aromatic heterocycles. The van der Waals surface area contributed by atoms with Crippen LogP contribution >= 0.6 is 11.8 Å². The van der Waals surface area contributed by atoms with Crippen LogP contribution in [0, 0.1) is 0 Å². The second kappa shape index (κ2) is 4.80. The van der Waals surface area contributed by atoms with E-state index in [-0.39, 0.29) is 0 Å². The SMILES string of the molecule is CC=C=C=C(C)SC. The predicted octanol–water partition coefficient (Wildman–Crippen LogP) is 2.58. The van der Waals surface area contributed by atoms with Crippen molar-refractivity contribution >= 4 is 11.8 Å². The summed E-state index contributed by atoms with van der Waals surface area (Å²) in [6.45, 7) is 3.95. The van der Waals surface area contributed by atoms with Gasteiger partial charge in [-0.3, -0.25) is 0 Å². The minimum Gasteiger partial charge on any atom is -0.125 e. The fourth-order valence-electron chi connectivity index (χ4n) is 0.225. The Hall–Kier alpha value is -0.350. The molecule has 0 nitrogen and oxygen atoms in total. The van der Waals surface area contributed by atoms with Gasteiger partial charge in [0.1, 0.15) is 0 Å². The average molecular weight is 126 g/mol. The Morgan fingerprint density at radius 2 is 2.25 bits per heavy atom. The molecule has 0 aromatic carbocycles. The number of rotatable bonds is 1. The van der Waals surface area contributed by atoms with Gasteiger partial charge in [0.2, 0.25) is 0 Å². The van der Waals surface area contributed by atoms with E-state index >= 15 is 0 Å². The van der Waals surface area contributed by atoms with Crippen molar-refractivity contribution in [2.45, 2.75) is 13.8 Å². The Kier molecular flexibility index (Phi) is 4.59. The second-order valence-electron chi connectivity index (χ2n) is 1.32.